The van der Waals surface area contributed by atoms with Gasteiger partial charge >= 0.3 is 9.28 Å². The molecule has 50 valence electrons. The third-order valence-corrected chi connectivity index (χ3v) is 4.72. The van der Waals surface area contributed by atoms with E-state index in [9.17, 15) is 0 Å². The molecule has 0 aromatic carbocycles. The lowest BCUT2D eigenvalue weighted by molar-refractivity contribution is 0.422. The predicted molar refractivity (Wildman–Crippen MR) is 39.7 cm³/mol. The first-order chi connectivity index (χ1) is 3.42. The molecule has 0 amide bonds. The average Bonchev–Trinajstić information content (AvgIpc) is 1.21. The Hall–Kier alpha value is 0.354. The fraction of sp³-hybridized carbons (Fsp3) is 1.00. The van der Waals surface area contributed by atoms with Crippen LogP contribution >= 0.6 is 0 Å². The quantitative estimate of drug-likeness (QED) is 0.587. The normalized spacial score (nSPS) is 16.1. The second kappa shape index (κ2) is 2.77. The Kier molecular flexibility index (Phi) is 2.89. The van der Waals surface area contributed by atoms with Crippen molar-refractivity contribution in [2.24, 2.45) is 0 Å². The van der Waals surface area contributed by atoms with E-state index < -0.39 is 17.6 Å². The Labute approximate surface area is 53.5 Å². The van der Waals surface area contributed by atoms with E-state index in [0.717, 1.165) is 0 Å². The summed E-state index contributed by atoms with van der Waals surface area (Å²) in [5.41, 5.74) is 0. The van der Waals surface area contributed by atoms with Gasteiger partial charge in [-0.2, -0.15) is 0 Å². The first-order valence-electron chi connectivity index (χ1n) is 2.78. The van der Waals surface area contributed by atoms with Crippen LogP contribution in [-0.2, 0) is 4.12 Å². The van der Waals surface area contributed by atoms with Crippen molar-refractivity contribution < 1.29 is 8.91 Å². The molecule has 4 heteroatoms. The second-order valence-electron chi connectivity index (χ2n) is 2.83. The van der Waals surface area contributed by atoms with Crippen LogP contribution < -0.4 is 0 Å². The minimum Gasteiger partial charge on any atom is -0.439 e. The zero-order valence-corrected chi connectivity index (χ0v) is 8.09. The van der Waals surface area contributed by atoms with Crippen molar-refractivity contribution in [1.82, 2.24) is 0 Å². The Balaban J connectivity index is 3.39. The zero-order valence-electron chi connectivity index (χ0n) is 5.93. The molecule has 0 radical (unpaired) electrons. The van der Waals surface area contributed by atoms with Gasteiger partial charge in [-0.05, 0) is 26.2 Å². The first kappa shape index (κ1) is 8.35. The van der Waals surface area contributed by atoms with E-state index in [1.807, 2.05) is 0 Å². The molecule has 0 aromatic rings. The van der Waals surface area contributed by atoms with Gasteiger partial charge in [-0.25, -0.2) is 0 Å². The van der Waals surface area contributed by atoms with Crippen molar-refractivity contribution >= 4 is 17.6 Å². The summed E-state index contributed by atoms with van der Waals surface area (Å²) in [4.78, 5) is 8.84. The molecule has 0 spiro atoms. The van der Waals surface area contributed by atoms with Gasteiger partial charge in [-0.15, -0.1) is 0 Å². The molecule has 0 rings (SSSR count). The molecule has 8 heavy (non-hydrogen) atoms. The minimum absolute atomic E-state index is 1.41. The smallest absolute Gasteiger partial charge is 0.305 e. The monoisotopic (exact) mass is 150 g/mol. The van der Waals surface area contributed by atoms with Crippen molar-refractivity contribution in [2.75, 3.05) is 0 Å². The van der Waals surface area contributed by atoms with Gasteiger partial charge in [0.15, 0.2) is 8.32 Å². The molecule has 2 nitrogen and oxygen atoms in total. The largest absolute Gasteiger partial charge is 0.439 e. The maximum Gasteiger partial charge on any atom is 0.305 e. The van der Waals surface area contributed by atoms with Gasteiger partial charge in [-0.1, -0.05) is 0 Å². The van der Waals surface area contributed by atoms with Crippen LogP contribution in [0.1, 0.15) is 0 Å². The summed E-state index contributed by atoms with van der Waals surface area (Å²) < 4.78 is 5.27. The molecule has 0 heterocycles. The maximum atomic E-state index is 8.84. The highest BCUT2D eigenvalue weighted by Crippen LogP contribution is 2.02. The van der Waals surface area contributed by atoms with Gasteiger partial charge in [0.25, 0.3) is 0 Å². The van der Waals surface area contributed by atoms with Crippen LogP contribution in [0, 0.1) is 0 Å². The molecule has 1 unspecified atom stereocenters. The highest BCUT2D eigenvalue weighted by atomic mass is 28.4. The van der Waals surface area contributed by atoms with Crippen LogP contribution in [0.2, 0.25) is 26.2 Å². The van der Waals surface area contributed by atoms with E-state index in [1.54, 1.807) is 6.55 Å². The molecule has 0 aliphatic carbocycles. The highest BCUT2D eigenvalue weighted by molar-refractivity contribution is 6.75. The fourth-order valence-corrected chi connectivity index (χ4v) is 4.61. The first-order valence-corrected chi connectivity index (χ1v) is 8.33. The Morgan fingerprint density at radius 3 is 1.75 bits per heavy atom. The third-order valence-electron chi connectivity index (χ3n) is 0.524. The summed E-state index contributed by atoms with van der Waals surface area (Å²) in [6.07, 6.45) is 0. The van der Waals surface area contributed by atoms with Crippen LogP contribution in [0.25, 0.3) is 0 Å². The van der Waals surface area contributed by atoms with Crippen molar-refractivity contribution in [3.05, 3.63) is 0 Å². The van der Waals surface area contributed by atoms with Gasteiger partial charge in [0.1, 0.15) is 0 Å². The van der Waals surface area contributed by atoms with E-state index in [4.69, 9.17) is 8.91 Å². The summed E-state index contributed by atoms with van der Waals surface area (Å²) in [6.45, 7) is 8.00. The van der Waals surface area contributed by atoms with E-state index in [-0.39, 0.29) is 0 Å². The fourth-order valence-electron chi connectivity index (χ4n) is 0.512. The topological polar surface area (TPSA) is 29.5 Å². The van der Waals surface area contributed by atoms with Crippen LogP contribution in [0.4, 0.5) is 0 Å². The molecule has 0 bridgehead atoms. The van der Waals surface area contributed by atoms with Gasteiger partial charge in [0.05, 0.1) is 0 Å². The van der Waals surface area contributed by atoms with Crippen molar-refractivity contribution in [1.29, 1.82) is 0 Å². The standard InChI is InChI=1S/C4H14O2Si2/c1-7(5)6-8(2,3)4/h5,7H,1-4H3. The van der Waals surface area contributed by atoms with E-state index in [2.05, 4.69) is 19.6 Å². The summed E-state index contributed by atoms with van der Waals surface area (Å²) in [5.74, 6) is 0. The van der Waals surface area contributed by atoms with E-state index in [0.29, 0.717) is 0 Å². The van der Waals surface area contributed by atoms with Crippen molar-refractivity contribution in [3.63, 3.8) is 0 Å². The maximum absolute atomic E-state index is 8.84. The SMILES string of the molecule is C[SiH](O)O[Si](C)(C)C. The number of rotatable bonds is 2. The van der Waals surface area contributed by atoms with Gasteiger partial charge in [0, 0.05) is 0 Å². The lowest BCUT2D eigenvalue weighted by atomic mass is 11.8. The molecule has 1 atom stereocenters. The predicted octanol–water partition coefficient (Wildman–Crippen LogP) is 0.680. The van der Waals surface area contributed by atoms with Crippen molar-refractivity contribution in [3.8, 4) is 0 Å². The highest BCUT2D eigenvalue weighted by Gasteiger charge is 2.16. The van der Waals surface area contributed by atoms with Gasteiger partial charge in [-0.3, -0.25) is 0 Å². The van der Waals surface area contributed by atoms with E-state index in [1.165, 1.54) is 0 Å². The number of hydrogen-bond donors (Lipinski definition) is 1. The summed E-state index contributed by atoms with van der Waals surface area (Å²) in [6, 6.07) is 0. The lowest BCUT2D eigenvalue weighted by Crippen LogP contribution is -2.32. The van der Waals surface area contributed by atoms with Crippen LogP contribution in [0.3, 0.4) is 0 Å². The molecule has 0 fully saturated rings. The van der Waals surface area contributed by atoms with Crippen LogP contribution in [-0.4, -0.2) is 22.4 Å². The van der Waals surface area contributed by atoms with E-state index >= 15 is 0 Å². The number of hydrogen-bond acceptors (Lipinski definition) is 2. The lowest BCUT2D eigenvalue weighted by Gasteiger charge is -2.18. The van der Waals surface area contributed by atoms with Crippen LogP contribution in [0.15, 0.2) is 0 Å². The Morgan fingerprint density at radius 1 is 1.38 bits per heavy atom. The summed E-state index contributed by atoms with van der Waals surface area (Å²) in [7, 11) is -3.14. The molecule has 0 saturated carbocycles. The van der Waals surface area contributed by atoms with Gasteiger partial charge in [0.2, 0.25) is 0 Å². The molecular weight excluding hydrogens is 136 g/mol. The van der Waals surface area contributed by atoms with Crippen LogP contribution in [0.5, 0.6) is 0 Å². The molecule has 0 aliphatic rings. The second-order valence-corrected chi connectivity index (χ2v) is 9.20. The molecule has 1 N–H and O–H groups in total. The molecule has 0 saturated heterocycles. The molecule has 0 aromatic heterocycles. The van der Waals surface area contributed by atoms with Crippen molar-refractivity contribution in [2.45, 2.75) is 26.2 Å². The van der Waals surface area contributed by atoms with Gasteiger partial charge < -0.3 is 8.91 Å². The Morgan fingerprint density at radius 2 is 1.75 bits per heavy atom. The summed E-state index contributed by atoms with van der Waals surface area (Å²) >= 11 is 0. The summed E-state index contributed by atoms with van der Waals surface area (Å²) in [5, 5.41) is 0. The molecular formula is C4H14O2Si2. The average molecular weight is 150 g/mol. The zero-order chi connectivity index (χ0) is 6.78. The Bertz CT molecular complexity index is 66.9. The molecule has 0 aliphatic heterocycles. The third kappa shape index (κ3) is 6.35. The minimum atomic E-state index is -1.73.